The number of aryl methyl sites for hydroxylation is 2. The predicted octanol–water partition coefficient (Wildman–Crippen LogP) is 6.31. The Kier molecular flexibility index (Phi) is 5.76. The van der Waals surface area contributed by atoms with Gasteiger partial charge in [-0.15, -0.1) is 0 Å². The number of pyridine rings is 1. The third kappa shape index (κ3) is 3.97. The van der Waals surface area contributed by atoms with Gasteiger partial charge in [-0.1, -0.05) is 17.3 Å². The summed E-state index contributed by atoms with van der Waals surface area (Å²) in [5.41, 5.74) is 6.12. The fraction of sp³-hybridized carbons (Fsp3) is 0.276. The first-order chi connectivity index (χ1) is 17.9. The van der Waals surface area contributed by atoms with Crippen LogP contribution < -0.4 is 0 Å². The highest BCUT2D eigenvalue weighted by atomic mass is 19.1. The molecular weight excluding hydrogens is 473 g/mol. The first-order valence-electron chi connectivity index (χ1n) is 12.4. The molecular formula is C29H26FN3O4. The lowest BCUT2D eigenvalue weighted by Gasteiger charge is -2.33. The molecule has 0 saturated carbocycles. The van der Waals surface area contributed by atoms with Gasteiger partial charge in [-0.3, -0.25) is 4.98 Å². The predicted molar refractivity (Wildman–Crippen MR) is 137 cm³/mol. The second kappa shape index (κ2) is 9.12. The summed E-state index contributed by atoms with van der Waals surface area (Å²) >= 11 is 0. The highest BCUT2D eigenvalue weighted by molar-refractivity contribution is 6.08. The third-order valence-corrected chi connectivity index (χ3v) is 7.41. The van der Waals surface area contributed by atoms with Gasteiger partial charge in [-0.05, 0) is 74.6 Å². The number of carbonyl (C=O) groups is 1. The van der Waals surface area contributed by atoms with Crippen LogP contribution in [0.5, 0.6) is 0 Å². The van der Waals surface area contributed by atoms with Crippen molar-refractivity contribution in [2.75, 3.05) is 13.2 Å². The number of hydrogen-bond acceptors (Lipinski definition) is 5. The van der Waals surface area contributed by atoms with Crippen LogP contribution in [0.3, 0.4) is 0 Å². The highest BCUT2D eigenvalue weighted by Crippen LogP contribution is 2.41. The molecule has 0 amide bonds. The summed E-state index contributed by atoms with van der Waals surface area (Å²) in [6, 6.07) is 13.6. The number of aromatic nitrogens is 3. The molecule has 0 unspecified atom stereocenters. The Morgan fingerprint density at radius 1 is 1.08 bits per heavy atom. The number of nitrogens with zero attached hydrogens (tertiary/aromatic N) is 3. The van der Waals surface area contributed by atoms with Crippen LogP contribution in [-0.4, -0.2) is 39.0 Å². The molecule has 1 atom stereocenters. The number of hydrogen-bond donors (Lipinski definition) is 1. The molecule has 0 aliphatic carbocycles. The van der Waals surface area contributed by atoms with Gasteiger partial charge in [0.2, 0.25) is 0 Å². The summed E-state index contributed by atoms with van der Waals surface area (Å²) in [5, 5.41) is 14.7. The summed E-state index contributed by atoms with van der Waals surface area (Å²) in [6.45, 7) is 5.05. The van der Waals surface area contributed by atoms with Crippen molar-refractivity contribution in [2.24, 2.45) is 5.92 Å². The van der Waals surface area contributed by atoms with E-state index in [1.165, 1.54) is 12.1 Å². The average Bonchev–Trinajstić information content (AvgIpc) is 3.41. The maximum atomic E-state index is 14.0. The molecule has 3 aromatic heterocycles. The quantitative estimate of drug-likeness (QED) is 0.305. The molecule has 1 aliphatic heterocycles. The molecule has 5 aromatic rings. The van der Waals surface area contributed by atoms with Crippen LogP contribution in [0.15, 0.2) is 59.3 Å². The molecule has 2 aromatic carbocycles. The van der Waals surface area contributed by atoms with Crippen molar-refractivity contribution >= 4 is 27.9 Å². The van der Waals surface area contributed by atoms with E-state index in [9.17, 15) is 14.3 Å². The Balaban J connectivity index is 1.69. The molecule has 1 aliphatic rings. The van der Waals surface area contributed by atoms with Crippen LogP contribution >= 0.6 is 0 Å². The lowest BCUT2D eigenvalue weighted by atomic mass is 9.86. The number of aromatic carboxylic acids is 1. The van der Waals surface area contributed by atoms with Crippen molar-refractivity contribution in [3.05, 3.63) is 83.1 Å². The highest BCUT2D eigenvalue weighted by Gasteiger charge is 2.31. The molecule has 0 bridgehead atoms. The summed E-state index contributed by atoms with van der Waals surface area (Å²) in [6.07, 6.45) is 3.47. The van der Waals surface area contributed by atoms with Gasteiger partial charge in [0.1, 0.15) is 11.6 Å². The number of ether oxygens (including phenoxy) is 1. The van der Waals surface area contributed by atoms with Crippen molar-refractivity contribution in [1.82, 2.24) is 14.7 Å². The largest absolute Gasteiger partial charge is 0.478 e. The molecule has 188 valence electrons. The number of halogens is 1. The third-order valence-electron chi connectivity index (χ3n) is 7.41. The van der Waals surface area contributed by atoms with Crippen molar-refractivity contribution in [1.29, 1.82) is 0 Å². The Labute approximate surface area is 212 Å². The van der Waals surface area contributed by atoms with Gasteiger partial charge in [0.15, 0.2) is 0 Å². The lowest BCUT2D eigenvalue weighted by Crippen LogP contribution is -2.27. The van der Waals surface area contributed by atoms with Crippen LogP contribution in [0.1, 0.15) is 46.3 Å². The Bertz CT molecular complexity index is 1610. The molecule has 0 spiro atoms. The maximum absolute atomic E-state index is 14.0. The molecule has 0 radical (unpaired) electrons. The topological polar surface area (TPSA) is 90.4 Å². The van der Waals surface area contributed by atoms with Crippen LogP contribution in [0.4, 0.5) is 4.39 Å². The van der Waals surface area contributed by atoms with Crippen molar-refractivity contribution in [3.8, 4) is 11.1 Å². The van der Waals surface area contributed by atoms with E-state index in [0.717, 1.165) is 57.2 Å². The van der Waals surface area contributed by atoms with Gasteiger partial charge in [0, 0.05) is 35.9 Å². The standard InChI is InChI=1S/C29H26FN3O4/c1-16-26(17(2)37-32-16)21-14-25-27(31-15-21)23-8-5-20(29(34)35)13-24(23)33(25)28(19-9-11-36-12-10-19)18-3-6-22(30)7-4-18/h3-8,13-15,19,28H,9-12H2,1-2H3,(H,34,35)/t28-/m1/s1. The first kappa shape index (κ1) is 23.4. The molecule has 1 N–H and O–H groups in total. The first-order valence-corrected chi connectivity index (χ1v) is 12.4. The number of carboxylic acids is 1. The zero-order valence-corrected chi connectivity index (χ0v) is 20.6. The van der Waals surface area contributed by atoms with Crippen molar-refractivity contribution in [3.63, 3.8) is 0 Å². The number of fused-ring (bicyclic) bond motifs is 3. The zero-order valence-electron chi connectivity index (χ0n) is 20.6. The molecule has 7 nitrogen and oxygen atoms in total. The second-order valence-corrected chi connectivity index (χ2v) is 9.64. The van der Waals surface area contributed by atoms with Gasteiger partial charge in [0.25, 0.3) is 0 Å². The molecule has 1 saturated heterocycles. The molecule has 1 fully saturated rings. The Morgan fingerprint density at radius 2 is 1.84 bits per heavy atom. The fourth-order valence-electron chi connectivity index (χ4n) is 5.69. The van der Waals surface area contributed by atoms with Crippen LogP contribution in [0, 0.1) is 25.6 Å². The summed E-state index contributed by atoms with van der Waals surface area (Å²) < 4.78 is 27.2. The summed E-state index contributed by atoms with van der Waals surface area (Å²) in [7, 11) is 0. The SMILES string of the molecule is Cc1noc(C)c1-c1cnc2c3ccc(C(=O)O)cc3n([C@H](c3ccc(F)cc3)C3CCOCC3)c2c1. The van der Waals surface area contributed by atoms with Crippen LogP contribution in [-0.2, 0) is 4.74 Å². The van der Waals surface area contributed by atoms with E-state index in [4.69, 9.17) is 14.2 Å². The average molecular weight is 500 g/mol. The van der Waals surface area contributed by atoms with E-state index >= 15 is 0 Å². The Hall–Kier alpha value is -4.04. The smallest absolute Gasteiger partial charge is 0.335 e. The molecule has 4 heterocycles. The zero-order chi connectivity index (χ0) is 25.7. The van der Waals surface area contributed by atoms with Crippen molar-refractivity contribution < 1.29 is 23.6 Å². The van der Waals surface area contributed by atoms with Gasteiger partial charge >= 0.3 is 5.97 Å². The van der Waals surface area contributed by atoms with Crippen LogP contribution in [0.25, 0.3) is 33.1 Å². The lowest BCUT2D eigenvalue weighted by molar-refractivity contribution is 0.0552. The van der Waals surface area contributed by atoms with E-state index in [1.54, 1.807) is 12.1 Å². The second-order valence-electron chi connectivity index (χ2n) is 9.64. The van der Waals surface area contributed by atoms with Gasteiger partial charge in [-0.25, -0.2) is 9.18 Å². The maximum Gasteiger partial charge on any atom is 0.335 e. The molecule has 8 heteroatoms. The Morgan fingerprint density at radius 3 is 2.51 bits per heavy atom. The van der Waals surface area contributed by atoms with E-state index in [2.05, 4.69) is 15.8 Å². The van der Waals surface area contributed by atoms with Crippen molar-refractivity contribution in [2.45, 2.75) is 32.7 Å². The fourth-order valence-corrected chi connectivity index (χ4v) is 5.69. The minimum Gasteiger partial charge on any atom is -0.478 e. The molecule has 6 rings (SSSR count). The number of rotatable bonds is 5. The van der Waals surface area contributed by atoms with E-state index in [0.29, 0.717) is 19.0 Å². The number of carboxylic acid groups (broad SMARTS) is 1. The summed E-state index contributed by atoms with van der Waals surface area (Å²) in [5.74, 6) is -0.386. The van der Waals surface area contributed by atoms with E-state index in [1.807, 2.05) is 38.2 Å². The van der Waals surface area contributed by atoms with E-state index in [-0.39, 0.29) is 23.3 Å². The van der Waals surface area contributed by atoms with Gasteiger partial charge < -0.3 is 18.9 Å². The number of benzene rings is 2. The minimum atomic E-state index is -0.993. The minimum absolute atomic E-state index is 0.171. The van der Waals surface area contributed by atoms with E-state index < -0.39 is 5.97 Å². The monoisotopic (exact) mass is 499 g/mol. The van der Waals surface area contributed by atoms with Gasteiger partial charge in [0.05, 0.1) is 33.8 Å². The molecule has 37 heavy (non-hydrogen) atoms. The van der Waals surface area contributed by atoms with Crippen LogP contribution in [0.2, 0.25) is 0 Å². The normalized spacial score (nSPS) is 15.4. The summed E-state index contributed by atoms with van der Waals surface area (Å²) in [4.78, 5) is 16.8. The van der Waals surface area contributed by atoms with Gasteiger partial charge in [-0.2, -0.15) is 0 Å².